The maximum Gasteiger partial charge on any atom is 0.337 e. The molecule has 2 heterocycles. The van der Waals surface area contributed by atoms with Crippen LogP contribution in [0.2, 0.25) is 0 Å². The Balaban J connectivity index is 2.20. The molecule has 2 rings (SSSR count). The van der Waals surface area contributed by atoms with E-state index in [1.807, 2.05) is 0 Å². The number of carboxylic acids is 1. The summed E-state index contributed by atoms with van der Waals surface area (Å²) >= 11 is 0. The van der Waals surface area contributed by atoms with Gasteiger partial charge in [0, 0.05) is 25.1 Å². The lowest BCUT2D eigenvalue weighted by atomic mass is 10.1. The van der Waals surface area contributed by atoms with E-state index >= 15 is 0 Å². The van der Waals surface area contributed by atoms with Gasteiger partial charge in [-0.2, -0.15) is 0 Å². The molecule has 0 radical (unpaired) electrons. The highest BCUT2D eigenvalue weighted by atomic mass is 32.2. The number of anilines is 1. The van der Waals surface area contributed by atoms with E-state index in [1.54, 1.807) is 0 Å². The van der Waals surface area contributed by atoms with Crippen molar-refractivity contribution in [3.8, 4) is 0 Å². The van der Waals surface area contributed by atoms with Crippen molar-refractivity contribution in [1.82, 2.24) is 4.98 Å². The lowest BCUT2D eigenvalue weighted by Gasteiger charge is -2.16. The average Bonchev–Trinajstić information content (AvgIpc) is 2.68. The van der Waals surface area contributed by atoms with Gasteiger partial charge in [-0.3, -0.25) is 9.78 Å². The van der Waals surface area contributed by atoms with E-state index < -0.39 is 21.9 Å². The van der Waals surface area contributed by atoms with Gasteiger partial charge in [0.2, 0.25) is 15.9 Å². The number of nitrogens with zero attached hydrogens (tertiary/aromatic N) is 2. The first-order chi connectivity index (χ1) is 9.26. The minimum atomic E-state index is -3.65. The molecular formula is C11H13N3O5S. The summed E-state index contributed by atoms with van der Waals surface area (Å²) in [6, 6.07) is 1.33. The summed E-state index contributed by atoms with van der Waals surface area (Å²) in [6.45, 7) is 0.181. The minimum absolute atomic E-state index is 0.0369. The van der Waals surface area contributed by atoms with Crippen LogP contribution >= 0.6 is 0 Å². The van der Waals surface area contributed by atoms with E-state index in [2.05, 4.69) is 4.98 Å². The van der Waals surface area contributed by atoms with Crippen LogP contribution in [0.3, 0.4) is 0 Å². The fourth-order valence-electron chi connectivity index (χ4n) is 2.16. The van der Waals surface area contributed by atoms with Crippen molar-refractivity contribution in [1.29, 1.82) is 0 Å². The van der Waals surface area contributed by atoms with Gasteiger partial charge < -0.3 is 10.0 Å². The molecule has 1 unspecified atom stereocenters. The molecule has 8 nitrogen and oxygen atoms in total. The highest BCUT2D eigenvalue weighted by Crippen LogP contribution is 2.25. The second-order valence-electron chi connectivity index (χ2n) is 4.64. The summed E-state index contributed by atoms with van der Waals surface area (Å²) < 4.78 is 22.1. The van der Waals surface area contributed by atoms with Crippen molar-refractivity contribution in [2.75, 3.05) is 17.2 Å². The van der Waals surface area contributed by atoms with E-state index in [1.165, 1.54) is 23.4 Å². The van der Waals surface area contributed by atoms with Gasteiger partial charge in [-0.15, -0.1) is 0 Å². The molecule has 1 atom stereocenters. The first-order valence-corrected chi connectivity index (χ1v) is 7.47. The van der Waals surface area contributed by atoms with Crippen LogP contribution in [-0.2, 0) is 14.8 Å². The van der Waals surface area contributed by atoms with Crippen molar-refractivity contribution < 1.29 is 23.1 Å². The summed E-state index contributed by atoms with van der Waals surface area (Å²) in [6.07, 6.45) is 2.60. The number of hydrogen-bond donors (Lipinski definition) is 2. The third kappa shape index (κ3) is 3.31. The molecule has 0 aromatic carbocycles. The molecule has 1 aliphatic rings. The number of primary sulfonamides is 1. The number of aromatic nitrogens is 1. The van der Waals surface area contributed by atoms with Crippen LogP contribution in [0, 0.1) is 5.92 Å². The first-order valence-electron chi connectivity index (χ1n) is 5.75. The molecule has 0 saturated carbocycles. The molecule has 20 heavy (non-hydrogen) atoms. The maximum absolute atomic E-state index is 11.9. The second kappa shape index (κ2) is 5.17. The van der Waals surface area contributed by atoms with Crippen molar-refractivity contribution in [2.24, 2.45) is 11.1 Å². The lowest BCUT2D eigenvalue weighted by Crippen LogP contribution is -2.27. The van der Waals surface area contributed by atoms with Crippen molar-refractivity contribution in [2.45, 2.75) is 6.42 Å². The van der Waals surface area contributed by atoms with E-state index in [-0.39, 0.29) is 30.2 Å². The number of carbonyl (C=O) groups excluding carboxylic acids is 1. The number of aromatic carboxylic acids is 1. The van der Waals surface area contributed by atoms with Crippen molar-refractivity contribution in [3.63, 3.8) is 0 Å². The largest absolute Gasteiger partial charge is 0.478 e. The van der Waals surface area contributed by atoms with Crippen LogP contribution in [0.15, 0.2) is 18.5 Å². The topological polar surface area (TPSA) is 131 Å². The van der Waals surface area contributed by atoms with Gasteiger partial charge in [-0.05, 0) is 6.07 Å². The van der Waals surface area contributed by atoms with Gasteiger partial charge in [0.15, 0.2) is 0 Å². The lowest BCUT2D eigenvalue weighted by molar-refractivity contribution is -0.117. The number of carboxylic acid groups (broad SMARTS) is 1. The van der Waals surface area contributed by atoms with Crippen LogP contribution in [0.5, 0.6) is 0 Å². The molecule has 1 aromatic rings. The Morgan fingerprint density at radius 1 is 1.50 bits per heavy atom. The molecule has 108 valence electrons. The Bertz CT molecular complexity index is 658. The van der Waals surface area contributed by atoms with Gasteiger partial charge in [-0.25, -0.2) is 18.4 Å². The predicted molar refractivity (Wildman–Crippen MR) is 69.6 cm³/mol. The monoisotopic (exact) mass is 299 g/mol. The Labute approximate surface area is 115 Å². The first kappa shape index (κ1) is 14.4. The quantitative estimate of drug-likeness (QED) is 0.765. The zero-order chi connectivity index (χ0) is 14.9. The molecule has 1 aliphatic heterocycles. The average molecular weight is 299 g/mol. The fraction of sp³-hybridized carbons (Fsp3) is 0.364. The minimum Gasteiger partial charge on any atom is -0.478 e. The molecular weight excluding hydrogens is 286 g/mol. The van der Waals surface area contributed by atoms with Crippen molar-refractivity contribution >= 4 is 27.6 Å². The smallest absolute Gasteiger partial charge is 0.337 e. The zero-order valence-electron chi connectivity index (χ0n) is 10.4. The van der Waals surface area contributed by atoms with E-state index in [0.29, 0.717) is 5.69 Å². The van der Waals surface area contributed by atoms with Crippen LogP contribution in [0.25, 0.3) is 0 Å². The van der Waals surface area contributed by atoms with Crippen molar-refractivity contribution in [3.05, 3.63) is 24.0 Å². The van der Waals surface area contributed by atoms with Gasteiger partial charge in [0.25, 0.3) is 0 Å². The highest BCUT2D eigenvalue weighted by Gasteiger charge is 2.33. The Kier molecular flexibility index (Phi) is 3.73. The summed E-state index contributed by atoms with van der Waals surface area (Å²) in [5.41, 5.74) is 0.303. The number of sulfonamides is 1. The molecule has 1 fully saturated rings. The summed E-state index contributed by atoms with van der Waals surface area (Å²) in [7, 11) is -3.65. The molecule has 0 spiro atoms. The van der Waals surface area contributed by atoms with Crippen LogP contribution < -0.4 is 10.0 Å². The number of pyridine rings is 1. The summed E-state index contributed by atoms with van der Waals surface area (Å²) in [4.78, 5) is 27.8. The van der Waals surface area contributed by atoms with E-state index in [9.17, 15) is 18.0 Å². The summed E-state index contributed by atoms with van der Waals surface area (Å²) in [5, 5.41) is 13.8. The van der Waals surface area contributed by atoms with E-state index in [0.717, 1.165) is 0 Å². The molecule has 0 aliphatic carbocycles. The van der Waals surface area contributed by atoms with E-state index in [4.69, 9.17) is 10.2 Å². The SMILES string of the molecule is NS(=O)(=O)CC1CC(=O)N(c2cncc(C(=O)O)c2)C1. The molecule has 0 bridgehead atoms. The zero-order valence-corrected chi connectivity index (χ0v) is 11.2. The maximum atomic E-state index is 11.9. The molecule has 3 N–H and O–H groups in total. The Morgan fingerprint density at radius 2 is 2.20 bits per heavy atom. The third-order valence-electron chi connectivity index (χ3n) is 2.96. The van der Waals surface area contributed by atoms with Gasteiger partial charge in [-0.1, -0.05) is 0 Å². The number of carbonyl (C=O) groups is 2. The predicted octanol–water partition coefficient (Wildman–Crippen LogP) is -0.579. The summed E-state index contributed by atoms with van der Waals surface area (Å²) in [5.74, 6) is -2.09. The van der Waals surface area contributed by atoms with Gasteiger partial charge >= 0.3 is 5.97 Å². The normalized spacial score (nSPS) is 19.4. The molecule has 1 aromatic heterocycles. The van der Waals surface area contributed by atoms with Gasteiger partial charge in [0.1, 0.15) is 0 Å². The molecule has 1 amide bonds. The standard InChI is InChI=1S/C11H13N3O5S/c12-20(18,19)6-7-1-10(15)14(5-7)9-2-8(11(16)17)3-13-4-9/h2-4,7H,1,5-6H2,(H,16,17)(H2,12,18,19). The van der Waals surface area contributed by atoms with Crippen LogP contribution in [0.4, 0.5) is 5.69 Å². The second-order valence-corrected chi connectivity index (χ2v) is 6.30. The third-order valence-corrected chi connectivity index (χ3v) is 3.89. The highest BCUT2D eigenvalue weighted by molar-refractivity contribution is 7.89. The number of nitrogens with two attached hydrogens (primary N) is 1. The van der Waals surface area contributed by atoms with Crippen LogP contribution in [-0.4, -0.2) is 42.7 Å². The number of rotatable bonds is 4. The van der Waals surface area contributed by atoms with Gasteiger partial charge in [0.05, 0.1) is 23.2 Å². The number of amides is 1. The Morgan fingerprint density at radius 3 is 2.80 bits per heavy atom. The molecule has 1 saturated heterocycles. The number of hydrogen-bond acceptors (Lipinski definition) is 5. The molecule has 9 heteroatoms. The fourth-order valence-corrected chi connectivity index (χ4v) is 3.04. The Hall–Kier alpha value is -2.00. The van der Waals surface area contributed by atoms with Crippen LogP contribution in [0.1, 0.15) is 16.8 Å².